The maximum absolute atomic E-state index is 12.4. The Balaban J connectivity index is 2.05. The molecule has 0 unspecified atom stereocenters. The zero-order valence-electron chi connectivity index (χ0n) is 16.0. The SMILES string of the molecule is COc1cc(C(=O)OCC(=O)Nc2cc(C(N)=O)cc(C(N)=O)c2)ccc1OC(F)F. The monoisotopic (exact) mass is 437 g/mol. The van der Waals surface area contributed by atoms with E-state index in [0.717, 1.165) is 24.3 Å². The first kappa shape index (κ1) is 23.1. The lowest BCUT2D eigenvalue weighted by Crippen LogP contribution is -2.22. The average molecular weight is 437 g/mol. The number of halogens is 2. The van der Waals surface area contributed by atoms with E-state index < -0.39 is 36.9 Å². The van der Waals surface area contributed by atoms with Gasteiger partial charge in [-0.3, -0.25) is 14.4 Å². The Morgan fingerprint density at radius 3 is 2.06 bits per heavy atom. The van der Waals surface area contributed by atoms with Gasteiger partial charge in [0.05, 0.1) is 12.7 Å². The molecule has 0 fully saturated rings. The van der Waals surface area contributed by atoms with Gasteiger partial charge >= 0.3 is 12.6 Å². The van der Waals surface area contributed by atoms with E-state index >= 15 is 0 Å². The molecule has 0 aromatic heterocycles. The van der Waals surface area contributed by atoms with Crippen LogP contribution in [0.1, 0.15) is 31.1 Å². The smallest absolute Gasteiger partial charge is 0.387 e. The third-order valence-corrected chi connectivity index (χ3v) is 3.74. The molecule has 0 heterocycles. The molecule has 164 valence electrons. The van der Waals surface area contributed by atoms with Crippen LogP contribution in [0.2, 0.25) is 0 Å². The summed E-state index contributed by atoms with van der Waals surface area (Å²) in [6.45, 7) is -3.82. The van der Waals surface area contributed by atoms with Crippen LogP contribution in [0.15, 0.2) is 36.4 Å². The van der Waals surface area contributed by atoms with Crippen LogP contribution in [0.25, 0.3) is 0 Å². The number of alkyl halides is 2. The largest absolute Gasteiger partial charge is 0.493 e. The molecule has 0 aliphatic heterocycles. The molecule has 3 amide bonds. The minimum absolute atomic E-state index is 0.0290. The maximum atomic E-state index is 12.4. The molecule has 0 aliphatic rings. The molecule has 0 spiro atoms. The summed E-state index contributed by atoms with van der Waals surface area (Å²) in [4.78, 5) is 46.9. The molecule has 0 radical (unpaired) electrons. The van der Waals surface area contributed by atoms with Crippen LogP contribution < -0.4 is 26.3 Å². The van der Waals surface area contributed by atoms with Gasteiger partial charge in [-0.1, -0.05) is 0 Å². The van der Waals surface area contributed by atoms with Crippen molar-refractivity contribution in [2.45, 2.75) is 6.61 Å². The number of benzene rings is 2. The van der Waals surface area contributed by atoms with E-state index in [0.29, 0.717) is 0 Å². The lowest BCUT2D eigenvalue weighted by Gasteiger charge is -2.11. The van der Waals surface area contributed by atoms with Gasteiger partial charge in [0.2, 0.25) is 11.8 Å². The molecule has 0 saturated heterocycles. The minimum atomic E-state index is -3.08. The number of esters is 1. The predicted molar refractivity (Wildman–Crippen MR) is 102 cm³/mol. The number of hydrogen-bond donors (Lipinski definition) is 3. The molecule has 0 atom stereocenters. The Kier molecular flexibility index (Phi) is 7.44. The van der Waals surface area contributed by atoms with Gasteiger partial charge < -0.3 is 31.0 Å². The summed E-state index contributed by atoms with van der Waals surface area (Å²) < 4.78 is 38.7. The first-order valence-corrected chi connectivity index (χ1v) is 8.45. The highest BCUT2D eigenvalue weighted by atomic mass is 19.3. The predicted octanol–water partition coefficient (Wildman–Crippen LogP) is 1.29. The number of rotatable bonds is 9. The zero-order valence-corrected chi connectivity index (χ0v) is 16.0. The van der Waals surface area contributed by atoms with Crippen LogP contribution in [-0.2, 0) is 9.53 Å². The second kappa shape index (κ2) is 10.0. The maximum Gasteiger partial charge on any atom is 0.387 e. The summed E-state index contributed by atoms with van der Waals surface area (Å²) >= 11 is 0. The van der Waals surface area contributed by atoms with Crippen molar-refractivity contribution in [1.82, 2.24) is 0 Å². The van der Waals surface area contributed by atoms with Gasteiger partial charge in [-0.25, -0.2) is 4.79 Å². The van der Waals surface area contributed by atoms with Gasteiger partial charge in [0.25, 0.3) is 5.91 Å². The normalized spacial score (nSPS) is 10.3. The Hall–Kier alpha value is -4.22. The average Bonchev–Trinajstić information content (AvgIpc) is 2.71. The Morgan fingerprint density at radius 2 is 1.55 bits per heavy atom. The quantitative estimate of drug-likeness (QED) is 0.498. The standard InChI is InChI=1S/C19H17F2N3O7/c1-29-14-7-9(2-3-13(14)31-19(20)21)18(28)30-8-15(25)24-12-5-10(16(22)26)4-11(6-12)17(23)27/h2-7,19H,8H2,1H3,(H2,22,26)(H2,23,27)(H,24,25). The van der Waals surface area contributed by atoms with Gasteiger partial charge in [-0.2, -0.15) is 8.78 Å². The van der Waals surface area contributed by atoms with Gasteiger partial charge in [0.15, 0.2) is 18.1 Å². The number of hydrogen-bond acceptors (Lipinski definition) is 7. The topological polar surface area (TPSA) is 160 Å². The van der Waals surface area contributed by atoms with E-state index in [1.54, 1.807) is 0 Å². The van der Waals surface area contributed by atoms with Gasteiger partial charge in [0, 0.05) is 16.8 Å². The Labute approximate surface area is 174 Å². The molecule has 5 N–H and O–H groups in total. The number of ether oxygens (including phenoxy) is 3. The molecule has 2 rings (SSSR count). The van der Waals surface area contributed by atoms with E-state index in [9.17, 15) is 28.0 Å². The van der Waals surface area contributed by atoms with Crippen molar-refractivity contribution in [3.63, 3.8) is 0 Å². The van der Waals surface area contributed by atoms with Crippen LogP contribution in [0.5, 0.6) is 11.5 Å². The van der Waals surface area contributed by atoms with E-state index in [1.165, 1.54) is 19.2 Å². The molecule has 12 heteroatoms. The van der Waals surface area contributed by atoms with Crippen LogP contribution in [-0.4, -0.2) is 44.0 Å². The highest BCUT2D eigenvalue weighted by Crippen LogP contribution is 2.29. The molecule has 0 bridgehead atoms. The Morgan fingerprint density at radius 1 is 0.935 bits per heavy atom. The molecule has 0 aliphatic carbocycles. The number of anilines is 1. The van der Waals surface area contributed by atoms with Gasteiger partial charge in [0.1, 0.15) is 0 Å². The van der Waals surface area contributed by atoms with Crippen molar-refractivity contribution >= 4 is 29.4 Å². The van der Waals surface area contributed by atoms with Crippen molar-refractivity contribution in [3.8, 4) is 11.5 Å². The first-order chi connectivity index (χ1) is 14.6. The second-order valence-corrected chi connectivity index (χ2v) is 5.90. The number of methoxy groups -OCH3 is 1. The summed E-state index contributed by atoms with van der Waals surface area (Å²) in [6, 6.07) is 6.92. The number of carbonyl (C=O) groups excluding carboxylic acids is 4. The molecular formula is C19H17F2N3O7. The molecule has 0 saturated carbocycles. The third kappa shape index (κ3) is 6.39. The van der Waals surface area contributed by atoms with Crippen molar-refractivity contribution in [1.29, 1.82) is 0 Å². The van der Waals surface area contributed by atoms with Gasteiger partial charge in [-0.15, -0.1) is 0 Å². The summed E-state index contributed by atoms with van der Waals surface area (Å²) in [5.74, 6) is -3.86. The van der Waals surface area contributed by atoms with Crippen molar-refractivity contribution in [2.75, 3.05) is 19.0 Å². The fourth-order valence-electron chi connectivity index (χ4n) is 2.38. The third-order valence-electron chi connectivity index (χ3n) is 3.74. The molecule has 2 aromatic rings. The van der Waals surface area contributed by atoms with Crippen LogP contribution in [0, 0.1) is 0 Å². The minimum Gasteiger partial charge on any atom is -0.493 e. The van der Waals surface area contributed by atoms with Crippen LogP contribution in [0.3, 0.4) is 0 Å². The van der Waals surface area contributed by atoms with Gasteiger partial charge in [-0.05, 0) is 36.4 Å². The number of primary amides is 2. The lowest BCUT2D eigenvalue weighted by atomic mass is 10.1. The first-order valence-electron chi connectivity index (χ1n) is 8.45. The summed E-state index contributed by atoms with van der Waals surface area (Å²) in [6.07, 6.45) is 0. The van der Waals surface area contributed by atoms with Crippen LogP contribution >= 0.6 is 0 Å². The lowest BCUT2D eigenvalue weighted by molar-refractivity contribution is -0.119. The molecule has 31 heavy (non-hydrogen) atoms. The molecule has 2 aromatic carbocycles. The fourth-order valence-corrected chi connectivity index (χ4v) is 2.38. The second-order valence-electron chi connectivity index (χ2n) is 5.90. The highest BCUT2D eigenvalue weighted by molar-refractivity contribution is 6.02. The van der Waals surface area contributed by atoms with E-state index in [2.05, 4.69) is 10.1 Å². The van der Waals surface area contributed by atoms with Crippen molar-refractivity contribution in [3.05, 3.63) is 53.1 Å². The summed E-state index contributed by atoms with van der Waals surface area (Å²) in [5, 5.41) is 2.33. The van der Waals surface area contributed by atoms with E-state index in [4.69, 9.17) is 20.9 Å². The number of nitrogens with two attached hydrogens (primary N) is 2. The Bertz CT molecular complexity index is 995. The van der Waals surface area contributed by atoms with Crippen molar-refractivity contribution < 1.29 is 42.2 Å². The number of amides is 3. The zero-order chi connectivity index (χ0) is 23.1. The van der Waals surface area contributed by atoms with E-state index in [1.807, 2.05) is 0 Å². The number of carbonyl (C=O) groups is 4. The molecule has 10 nitrogen and oxygen atoms in total. The van der Waals surface area contributed by atoms with Crippen LogP contribution in [0.4, 0.5) is 14.5 Å². The fraction of sp³-hybridized carbons (Fsp3) is 0.158. The van der Waals surface area contributed by atoms with Crippen molar-refractivity contribution in [2.24, 2.45) is 11.5 Å². The number of nitrogens with one attached hydrogen (secondary N) is 1. The summed E-state index contributed by atoms with van der Waals surface area (Å²) in [5.41, 5.74) is 10.2. The summed E-state index contributed by atoms with van der Waals surface area (Å²) in [7, 11) is 1.19. The van der Waals surface area contributed by atoms with E-state index in [-0.39, 0.29) is 33.9 Å². The highest BCUT2D eigenvalue weighted by Gasteiger charge is 2.17. The molecular weight excluding hydrogens is 420 g/mol.